The number of nitrogens with one attached hydrogen (secondary N) is 2. The van der Waals surface area contributed by atoms with Crippen molar-refractivity contribution in [3.8, 4) is 6.07 Å². The van der Waals surface area contributed by atoms with Crippen LogP contribution in [0, 0.1) is 25.2 Å². The Balaban J connectivity index is 2.30. The molecule has 0 bridgehead atoms. The Morgan fingerprint density at radius 3 is 2.32 bits per heavy atom. The van der Waals surface area contributed by atoms with Gasteiger partial charge in [-0.15, -0.1) is 0 Å². The molecule has 2 aromatic carbocycles. The number of nitriles is 1. The summed E-state index contributed by atoms with van der Waals surface area (Å²) in [5.41, 5.74) is 2.61. The zero-order valence-electron chi connectivity index (χ0n) is 20.3. The van der Waals surface area contributed by atoms with Gasteiger partial charge in [-0.3, -0.25) is 9.59 Å². The molecule has 2 aromatic rings. The van der Waals surface area contributed by atoms with Crippen LogP contribution in [0.2, 0.25) is 0 Å². The van der Waals surface area contributed by atoms with Crippen molar-refractivity contribution in [3.63, 3.8) is 0 Å². The molecule has 1 atom stereocenters. The van der Waals surface area contributed by atoms with Gasteiger partial charge < -0.3 is 20.3 Å². The molecule has 0 aliphatic carbocycles. The first kappa shape index (κ1) is 26.4. The summed E-state index contributed by atoms with van der Waals surface area (Å²) in [5, 5.41) is 14.7. The highest BCUT2D eigenvalue weighted by molar-refractivity contribution is 5.90. The van der Waals surface area contributed by atoms with E-state index in [0.717, 1.165) is 16.7 Å². The number of hydrogen-bond donors (Lipinski definition) is 2. The molecule has 0 aromatic heterocycles. The molecule has 0 saturated heterocycles. The summed E-state index contributed by atoms with van der Waals surface area (Å²) in [5.74, 6) is -0.996. The summed E-state index contributed by atoms with van der Waals surface area (Å²) in [6.45, 7) is 8.45. The number of carbonyl (C=O) groups excluding carboxylic acids is 3. The Morgan fingerprint density at radius 1 is 1.06 bits per heavy atom. The first-order chi connectivity index (χ1) is 16.0. The first-order valence-electron chi connectivity index (χ1n) is 11.0. The lowest BCUT2D eigenvalue weighted by atomic mass is 9.97. The maximum absolute atomic E-state index is 13.4. The van der Waals surface area contributed by atoms with Gasteiger partial charge in [-0.25, -0.2) is 4.79 Å². The van der Waals surface area contributed by atoms with E-state index >= 15 is 0 Å². The highest BCUT2D eigenvalue weighted by Crippen LogP contribution is 2.25. The van der Waals surface area contributed by atoms with Gasteiger partial charge >= 0.3 is 6.09 Å². The number of carbonyl (C=O) groups is 3. The van der Waals surface area contributed by atoms with E-state index in [9.17, 15) is 19.6 Å². The number of aryl methyl sites for hydroxylation is 2. The minimum atomic E-state index is -1.04. The van der Waals surface area contributed by atoms with Crippen LogP contribution in [0.25, 0.3) is 0 Å². The van der Waals surface area contributed by atoms with Crippen LogP contribution in [0.3, 0.4) is 0 Å². The second-order valence-electron chi connectivity index (χ2n) is 9.00. The molecule has 8 heteroatoms. The number of amides is 3. The van der Waals surface area contributed by atoms with Gasteiger partial charge in [0.05, 0.1) is 6.07 Å². The van der Waals surface area contributed by atoms with E-state index in [0.29, 0.717) is 5.56 Å². The van der Waals surface area contributed by atoms with Gasteiger partial charge in [0.1, 0.15) is 24.7 Å². The SMILES string of the molecule is Cc1ccc(C(C(=O)NCc2ccccc2)N(CC#N)C(=O)CNC(=O)OC(C)(C)C)c(C)c1. The van der Waals surface area contributed by atoms with Gasteiger partial charge in [0.2, 0.25) is 11.8 Å². The van der Waals surface area contributed by atoms with Crippen molar-refractivity contribution in [2.75, 3.05) is 13.1 Å². The van der Waals surface area contributed by atoms with E-state index in [1.165, 1.54) is 4.90 Å². The number of alkyl carbamates (subject to hydrolysis) is 1. The van der Waals surface area contributed by atoms with E-state index in [2.05, 4.69) is 10.6 Å². The molecule has 0 fully saturated rings. The molecule has 0 spiro atoms. The van der Waals surface area contributed by atoms with Crippen molar-refractivity contribution < 1.29 is 19.1 Å². The predicted molar refractivity (Wildman–Crippen MR) is 129 cm³/mol. The highest BCUT2D eigenvalue weighted by Gasteiger charge is 2.32. The van der Waals surface area contributed by atoms with Crippen molar-refractivity contribution in [2.45, 2.75) is 52.8 Å². The van der Waals surface area contributed by atoms with Gasteiger partial charge in [0, 0.05) is 6.54 Å². The zero-order chi connectivity index (χ0) is 25.3. The molecule has 180 valence electrons. The molecule has 8 nitrogen and oxygen atoms in total. The monoisotopic (exact) mass is 464 g/mol. The van der Waals surface area contributed by atoms with Crippen molar-refractivity contribution in [3.05, 3.63) is 70.8 Å². The summed E-state index contributed by atoms with van der Waals surface area (Å²) < 4.78 is 5.18. The molecule has 34 heavy (non-hydrogen) atoms. The van der Waals surface area contributed by atoms with Crippen molar-refractivity contribution in [2.24, 2.45) is 0 Å². The normalized spacial score (nSPS) is 11.6. The zero-order valence-corrected chi connectivity index (χ0v) is 20.3. The summed E-state index contributed by atoms with van der Waals surface area (Å²) in [7, 11) is 0. The third kappa shape index (κ3) is 7.93. The molecular weight excluding hydrogens is 432 g/mol. The van der Waals surface area contributed by atoms with Crippen LogP contribution in [0.5, 0.6) is 0 Å². The Hall–Kier alpha value is -3.86. The Morgan fingerprint density at radius 2 is 1.74 bits per heavy atom. The first-order valence-corrected chi connectivity index (χ1v) is 11.0. The second kappa shape index (κ2) is 11.8. The number of benzene rings is 2. The van der Waals surface area contributed by atoms with Crippen LogP contribution in [0.4, 0.5) is 4.79 Å². The predicted octanol–water partition coefficient (Wildman–Crippen LogP) is 3.54. The second-order valence-corrected chi connectivity index (χ2v) is 9.00. The van der Waals surface area contributed by atoms with Gasteiger partial charge in [0.15, 0.2) is 0 Å². The average molecular weight is 465 g/mol. The molecule has 2 rings (SSSR count). The Bertz CT molecular complexity index is 1050. The van der Waals surface area contributed by atoms with Crippen LogP contribution in [-0.2, 0) is 20.9 Å². The fourth-order valence-electron chi connectivity index (χ4n) is 3.43. The van der Waals surface area contributed by atoms with Gasteiger partial charge in [0.25, 0.3) is 0 Å². The summed E-state index contributed by atoms with van der Waals surface area (Å²) >= 11 is 0. The van der Waals surface area contributed by atoms with Crippen LogP contribution in [0.1, 0.15) is 49.1 Å². The van der Waals surface area contributed by atoms with Crippen LogP contribution >= 0.6 is 0 Å². The Kier molecular flexibility index (Phi) is 9.19. The smallest absolute Gasteiger partial charge is 0.408 e. The van der Waals surface area contributed by atoms with Crippen LogP contribution in [0.15, 0.2) is 48.5 Å². The van der Waals surface area contributed by atoms with E-state index in [4.69, 9.17) is 4.74 Å². The van der Waals surface area contributed by atoms with Gasteiger partial charge in [-0.05, 0) is 51.3 Å². The summed E-state index contributed by atoms with van der Waals surface area (Å²) in [6, 6.07) is 15.9. The van der Waals surface area contributed by atoms with Gasteiger partial charge in [-0.2, -0.15) is 5.26 Å². The minimum Gasteiger partial charge on any atom is -0.444 e. The Labute approximate surface area is 200 Å². The lowest BCUT2D eigenvalue weighted by Crippen LogP contribution is -2.48. The molecule has 3 amide bonds. The van der Waals surface area contributed by atoms with Crippen LogP contribution in [-0.4, -0.2) is 41.5 Å². The lowest BCUT2D eigenvalue weighted by Gasteiger charge is -2.31. The molecule has 0 radical (unpaired) electrons. The number of ether oxygens (including phenoxy) is 1. The van der Waals surface area contributed by atoms with Crippen molar-refractivity contribution in [1.82, 2.24) is 15.5 Å². The average Bonchev–Trinajstić information content (AvgIpc) is 2.76. The minimum absolute atomic E-state index is 0.270. The third-order valence-corrected chi connectivity index (χ3v) is 4.93. The fraction of sp³-hybridized carbons (Fsp3) is 0.385. The lowest BCUT2D eigenvalue weighted by molar-refractivity contribution is -0.139. The molecule has 0 heterocycles. The van der Waals surface area contributed by atoms with Crippen molar-refractivity contribution >= 4 is 17.9 Å². The third-order valence-electron chi connectivity index (χ3n) is 4.93. The maximum Gasteiger partial charge on any atom is 0.408 e. The van der Waals surface area contributed by atoms with E-state index in [-0.39, 0.29) is 13.1 Å². The fourth-order valence-corrected chi connectivity index (χ4v) is 3.43. The van der Waals surface area contributed by atoms with Crippen LogP contribution < -0.4 is 10.6 Å². The molecule has 0 saturated carbocycles. The molecule has 0 aliphatic heterocycles. The largest absolute Gasteiger partial charge is 0.444 e. The molecule has 2 N–H and O–H groups in total. The summed E-state index contributed by atoms with van der Waals surface area (Å²) in [4.78, 5) is 39.7. The topological polar surface area (TPSA) is 112 Å². The standard InChI is InChI=1S/C26H32N4O4/c1-18-11-12-21(19(2)15-18)23(24(32)28-16-20-9-7-6-8-10-20)30(14-13-27)22(31)17-29-25(33)34-26(3,4)5/h6-12,15,23H,14,16-17H2,1-5H3,(H,28,32)(H,29,33). The van der Waals surface area contributed by atoms with Gasteiger partial charge in [-0.1, -0.05) is 54.1 Å². The molecule has 0 aliphatic rings. The van der Waals surface area contributed by atoms with Crippen molar-refractivity contribution in [1.29, 1.82) is 5.26 Å². The maximum atomic E-state index is 13.4. The highest BCUT2D eigenvalue weighted by atomic mass is 16.6. The van der Waals surface area contributed by atoms with E-state index in [1.807, 2.05) is 62.4 Å². The number of rotatable bonds is 8. The molecular formula is C26H32N4O4. The molecule has 1 unspecified atom stereocenters. The number of hydrogen-bond acceptors (Lipinski definition) is 5. The quantitative estimate of drug-likeness (QED) is 0.581. The number of nitrogens with zero attached hydrogens (tertiary/aromatic N) is 2. The van der Waals surface area contributed by atoms with E-state index < -0.39 is 36.1 Å². The summed E-state index contributed by atoms with van der Waals surface area (Å²) in [6.07, 6.45) is -0.755. The van der Waals surface area contributed by atoms with E-state index in [1.54, 1.807) is 26.8 Å².